The second kappa shape index (κ2) is 9.73. The molecule has 0 unspecified atom stereocenters. The maximum atomic E-state index is 12.1. The molecule has 0 spiro atoms. The molecule has 0 aliphatic carbocycles. The molecule has 3 aromatic rings. The van der Waals surface area contributed by atoms with E-state index in [0.29, 0.717) is 36.0 Å². The van der Waals surface area contributed by atoms with Gasteiger partial charge in [0.15, 0.2) is 11.7 Å². The molecule has 7 heteroatoms. The van der Waals surface area contributed by atoms with E-state index >= 15 is 0 Å². The van der Waals surface area contributed by atoms with Crippen LogP contribution in [0.2, 0.25) is 0 Å². The molecule has 0 bridgehead atoms. The monoisotopic (exact) mass is 407 g/mol. The Morgan fingerprint density at radius 1 is 1.03 bits per heavy atom. The number of carbonyl (C=O) groups is 2. The van der Waals surface area contributed by atoms with E-state index in [4.69, 9.17) is 9.15 Å². The van der Waals surface area contributed by atoms with Crippen molar-refractivity contribution in [3.8, 4) is 17.1 Å². The van der Waals surface area contributed by atoms with E-state index < -0.39 is 5.91 Å². The summed E-state index contributed by atoms with van der Waals surface area (Å²) in [6.07, 6.45) is 2.12. The van der Waals surface area contributed by atoms with Gasteiger partial charge in [0.1, 0.15) is 5.75 Å². The average Bonchev–Trinajstić information content (AvgIpc) is 3.22. The maximum Gasteiger partial charge on any atom is 0.269 e. The van der Waals surface area contributed by atoms with Crippen molar-refractivity contribution in [1.29, 1.82) is 0 Å². The fraction of sp³-hybridized carbons (Fsp3) is 0.261. The van der Waals surface area contributed by atoms with Crippen LogP contribution in [0.4, 0.5) is 0 Å². The summed E-state index contributed by atoms with van der Waals surface area (Å²) in [6, 6.07) is 12.7. The highest BCUT2D eigenvalue weighted by molar-refractivity contribution is 5.95. The van der Waals surface area contributed by atoms with Crippen molar-refractivity contribution in [2.75, 3.05) is 6.61 Å². The Hall–Kier alpha value is -3.61. The third-order valence-electron chi connectivity index (χ3n) is 4.65. The van der Waals surface area contributed by atoms with Crippen molar-refractivity contribution in [2.45, 2.75) is 33.6 Å². The molecule has 2 aromatic carbocycles. The number of oxazole rings is 1. The van der Waals surface area contributed by atoms with Crippen LogP contribution in [0.25, 0.3) is 11.3 Å². The van der Waals surface area contributed by atoms with Crippen LogP contribution >= 0.6 is 0 Å². The van der Waals surface area contributed by atoms with Gasteiger partial charge in [0.25, 0.3) is 5.91 Å². The standard InChI is InChI=1S/C23H25N3O4/c1-4-29-19-9-7-17(8-10-19)23(28)26-25-21(27)11-12-22-24-14-20(30-22)18-6-5-15(2)16(3)13-18/h5-10,13-14H,4,11-12H2,1-3H3,(H,25,27)(H,26,28). The molecule has 30 heavy (non-hydrogen) atoms. The number of hydrogen-bond donors (Lipinski definition) is 2. The van der Waals surface area contributed by atoms with E-state index in [0.717, 1.165) is 5.56 Å². The van der Waals surface area contributed by atoms with Gasteiger partial charge in [-0.2, -0.15) is 0 Å². The average molecular weight is 407 g/mol. The quantitative estimate of drug-likeness (QED) is 0.582. The summed E-state index contributed by atoms with van der Waals surface area (Å²) >= 11 is 0. The Morgan fingerprint density at radius 3 is 2.50 bits per heavy atom. The van der Waals surface area contributed by atoms with Gasteiger partial charge in [0, 0.05) is 24.0 Å². The molecule has 156 valence electrons. The predicted octanol–water partition coefficient (Wildman–Crippen LogP) is 3.75. The SMILES string of the molecule is CCOc1ccc(C(=O)NNC(=O)CCc2ncc(-c3ccc(C)c(C)c3)o2)cc1. The summed E-state index contributed by atoms with van der Waals surface area (Å²) in [5.74, 6) is 1.08. The molecular formula is C23H25N3O4. The van der Waals surface area contributed by atoms with Crippen LogP contribution in [0.1, 0.15) is 40.7 Å². The number of rotatable bonds is 7. The van der Waals surface area contributed by atoms with Crippen LogP contribution in [0, 0.1) is 13.8 Å². The molecular weight excluding hydrogens is 382 g/mol. The third-order valence-corrected chi connectivity index (χ3v) is 4.65. The molecule has 2 amide bonds. The van der Waals surface area contributed by atoms with E-state index in [1.165, 1.54) is 11.1 Å². The Morgan fingerprint density at radius 2 is 1.80 bits per heavy atom. The number of aryl methyl sites for hydroxylation is 3. The van der Waals surface area contributed by atoms with Crippen molar-refractivity contribution in [2.24, 2.45) is 0 Å². The highest BCUT2D eigenvalue weighted by atomic mass is 16.5. The summed E-state index contributed by atoms with van der Waals surface area (Å²) in [6.45, 7) is 6.54. The Kier molecular flexibility index (Phi) is 6.85. The van der Waals surface area contributed by atoms with Gasteiger partial charge in [-0.15, -0.1) is 0 Å². The first-order valence-electron chi connectivity index (χ1n) is 9.80. The minimum atomic E-state index is -0.403. The normalized spacial score (nSPS) is 10.5. The van der Waals surface area contributed by atoms with Crippen molar-refractivity contribution >= 4 is 11.8 Å². The van der Waals surface area contributed by atoms with Crippen LogP contribution in [0.5, 0.6) is 5.75 Å². The fourth-order valence-corrected chi connectivity index (χ4v) is 2.80. The van der Waals surface area contributed by atoms with E-state index in [2.05, 4.69) is 22.8 Å². The lowest BCUT2D eigenvalue weighted by atomic mass is 10.1. The number of amides is 2. The van der Waals surface area contributed by atoms with Gasteiger partial charge in [-0.1, -0.05) is 12.1 Å². The van der Waals surface area contributed by atoms with Crippen LogP contribution in [0.15, 0.2) is 53.1 Å². The second-order valence-electron chi connectivity index (χ2n) is 6.88. The van der Waals surface area contributed by atoms with E-state index in [1.54, 1.807) is 30.5 Å². The van der Waals surface area contributed by atoms with Gasteiger partial charge in [0.05, 0.1) is 12.8 Å². The van der Waals surface area contributed by atoms with Gasteiger partial charge in [-0.3, -0.25) is 20.4 Å². The smallest absolute Gasteiger partial charge is 0.269 e. The molecule has 0 saturated carbocycles. The minimum Gasteiger partial charge on any atom is -0.494 e. The summed E-state index contributed by atoms with van der Waals surface area (Å²) in [4.78, 5) is 28.4. The highest BCUT2D eigenvalue weighted by Crippen LogP contribution is 2.23. The maximum absolute atomic E-state index is 12.1. The zero-order valence-electron chi connectivity index (χ0n) is 17.3. The molecule has 1 aromatic heterocycles. The molecule has 3 rings (SSSR count). The highest BCUT2D eigenvalue weighted by Gasteiger charge is 2.11. The summed E-state index contributed by atoms with van der Waals surface area (Å²) in [5.41, 5.74) is 8.56. The van der Waals surface area contributed by atoms with E-state index in [-0.39, 0.29) is 12.3 Å². The first-order chi connectivity index (χ1) is 14.5. The molecule has 0 aliphatic heterocycles. The first kappa shape index (κ1) is 21.1. The molecule has 0 aliphatic rings. The Bertz CT molecular complexity index is 1030. The predicted molar refractivity (Wildman–Crippen MR) is 113 cm³/mol. The van der Waals surface area contributed by atoms with Gasteiger partial charge in [0.2, 0.25) is 5.91 Å². The van der Waals surface area contributed by atoms with Crippen LogP contribution < -0.4 is 15.6 Å². The summed E-state index contributed by atoms with van der Waals surface area (Å²) in [5, 5.41) is 0. The minimum absolute atomic E-state index is 0.135. The lowest BCUT2D eigenvalue weighted by Gasteiger charge is -2.08. The van der Waals surface area contributed by atoms with Crippen molar-refractivity contribution < 1.29 is 18.7 Å². The zero-order chi connectivity index (χ0) is 21.5. The van der Waals surface area contributed by atoms with Gasteiger partial charge >= 0.3 is 0 Å². The second-order valence-corrected chi connectivity index (χ2v) is 6.88. The number of aromatic nitrogens is 1. The van der Waals surface area contributed by atoms with Crippen molar-refractivity contribution in [3.63, 3.8) is 0 Å². The van der Waals surface area contributed by atoms with Crippen LogP contribution in [-0.2, 0) is 11.2 Å². The van der Waals surface area contributed by atoms with Gasteiger partial charge in [-0.25, -0.2) is 4.98 Å². The molecule has 0 atom stereocenters. The Balaban J connectivity index is 1.47. The number of carbonyl (C=O) groups excluding carboxylic acids is 2. The summed E-state index contributed by atoms with van der Waals surface area (Å²) in [7, 11) is 0. The molecule has 0 radical (unpaired) electrons. The van der Waals surface area contributed by atoms with Crippen LogP contribution in [0.3, 0.4) is 0 Å². The number of ether oxygens (including phenoxy) is 1. The molecule has 7 nitrogen and oxygen atoms in total. The van der Waals surface area contributed by atoms with E-state index in [9.17, 15) is 9.59 Å². The number of hydrazine groups is 1. The third kappa shape index (κ3) is 5.47. The van der Waals surface area contributed by atoms with E-state index in [1.807, 2.05) is 32.0 Å². The number of benzene rings is 2. The van der Waals surface area contributed by atoms with Crippen LogP contribution in [-0.4, -0.2) is 23.4 Å². The molecule has 0 saturated heterocycles. The van der Waals surface area contributed by atoms with Crippen molar-refractivity contribution in [3.05, 3.63) is 71.2 Å². The number of nitrogens with one attached hydrogen (secondary N) is 2. The molecule has 2 N–H and O–H groups in total. The lowest BCUT2D eigenvalue weighted by molar-refractivity contribution is -0.121. The number of nitrogens with zero attached hydrogens (tertiary/aromatic N) is 1. The van der Waals surface area contributed by atoms with Crippen molar-refractivity contribution in [1.82, 2.24) is 15.8 Å². The molecule has 0 fully saturated rings. The Labute approximate surface area is 175 Å². The fourth-order valence-electron chi connectivity index (χ4n) is 2.80. The van der Waals surface area contributed by atoms with Gasteiger partial charge in [-0.05, 0) is 62.2 Å². The number of hydrogen-bond acceptors (Lipinski definition) is 5. The topological polar surface area (TPSA) is 93.5 Å². The largest absolute Gasteiger partial charge is 0.494 e. The molecule has 1 heterocycles. The first-order valence-corrected chi connectivity index (χ1v) is 9.80. The van der Waals surface area contributed by atoms with Gasteiger partial charge < -0.3 is 9.15 Å². The lowest BCUT2D eigenvalue weighted by Crippen LogP contribution is -2.41. The summed E-state index contributed by atoms with van der Waals surface area (Å²) < 4.78 is 11.1. The zero-order valence-corrected chi connectivity index (χ0v) is 17.3.